The molecule has 1 aromatic heterocycles. The molecular formula is C9H17N3O. The van der Waals surface area contributed by atoms with Crippen molar-refractivity contribution < 1.29 is 5.11 Å². The van der Waals surface area contributed by atoms with Crippen LogP contribution < -0.4 is 0 Å². The molecule has 0 aromatic carbocycles. The number of aliphatic hydroxyl groups is 1. The van der Waals surface area contributed by atoms with Crippen LogP contribution in [0.5, 0.6) is 0 Å². The first-order valence-electron chi connectivity index (χ1n) is 4.43. The Hall–Kier alpha value is -0.900. The van der Waals surface area contributed by atoms with E-state index in [4.69, 9.17) is 0 Å². The third-order valence-corrected chi connectivity index (χ3v) is 1.76. The number of aliphatic hydroxyl groups excluding tert-OH is 1. The summed E-state index contributed by atoms with van der Waals surface area (Å²) in [5.41, 5.74) is 0.758. The van der Waals surface area contributed by atoms with Crippen LogP contribution in [0, 0.1) is 5.41 Å². The van der Waals surface area contributed by atoms with Crippen molar-refractivity contribution in [3.05, 3.63) is 11.9 Å². The van der Waals surface area contributed by atoms with Gasteiger partial charge in [-0.2, -0.15) is 15.0 Å². The van der Waals surface area contributed by atoms with E-state index < -0.39 is 6.10 Å². The van der Waals surface area contributed by atoms with Crippen LogP contribution in [0.1, 0.15) is 39.0 Å². The van der Waals surface area contributed by atoms with Crippen LogP contribution in [0.3, 0.4) is 0 Å². The summed E-state index contributed by atoms with van der Waals surface area (Å²) in [4.78, 5) is 1.46. The van der Waals surface area contributed by atoms with Crippen molar-refractivity contribution in [1.82, 2.24) is 15.0 Å². The summed E-state index contributed by atoms with van der Waals surface area (Å²) in [6, 6.07) is 0. The molecular weight excluding hydrogens is 166 g/mol. The van der Waals surface area contributed by atoms with Gasteiger partial charge in [-0.1, -0.05) is 20.8 Å². The van der Waals surface area contributed by atoms with Crippen LogP contribution in [0.2, 0.25) is 0 Å². The molecule has 1 rings (SSSR count). The molecule has 0 saturated heterocycles. The van der Waals surface area contributed by atoms with Crippen molar-refractivity contribution in [1.29, 1.82) is 0 Å². The highest BCUT2D eigenvalue weighted by Gasteiger charge is 2.19. The van der Waals surface area contributed by atoms with E-state index in [1.807, 2.05) is 0 Å². The minimum atomic E-state index is -0.506. The van der Waals surface area contributed by atoms with Gasteiger partial charge in [0.1, 0.15) is 5.69 Å². The second kappa shape index (κ2) is 3.46. The van der Waals surface area contributed by atoms with Crippen LogP contribution in [-0.2, 0) is 7.05 Å². The predicted molar refractivity (Wildman–Crippen MR) is 50.0 cm³/mol. The third-order valence-electron chi connectivity index (χ3n) is 1.76. The van der Waals surface area contributed by atoms with Crippen molar-refractivity contribution in [3.63, 3.8) is 0 Å². The standard InChI is InChI=1S/C9H17N3O/c1-9(2,3)5-8(13)7-6-10-12(4)11-7/h6,8,13H,5H2,1-4H3. The average Bonchev–Trinajstić information content (AvgIpc) is 2.31. The molecule has 0 bridgehead atoms. The highest BCUT2D eigenvalue weighted by molar-refractivity contribution is 4.97. The van der Waals surface area contributed by atoms with Gasteiger partial charge in [-0.3, -0.25) is 0 Å². The molecule has 4 nitrogen and oxygen atoms in total. The molecule has 0 aliphatic rings. The minimum absolute atomic E-state index is 0.108. The molecule has 0 saturated carbocycles. The molecule has 0 fully saturated rings. The maximum absolute atomic E-state index is 9.75. The lowest BCUT2D eigenvalue weighted by Crippen LogP contribution is -2.12. The summed E-state index contributed by atoms with van der Waals surface area (Å²) in [6.07, 6.45) is 1.80. The van der Waals surface area contributed by atoms with Crippen molar-refractivity contribution in [3.8, 4) is 0 Å². The van der Waals surface area contributed by atoms with Gasteiger partial charge in [-0.25, -0.2) is 0 Å². The zero-order valence-corrected chi connectivity index (χ0v) is 8.65. The largest absolute Gasteiger partial charge is 0.387 e. The average molecular weight is 183 g/mol. The lowest BCUT2D eigenvalue weighted by molar-refractivity contribution is 0.118. The van der Waals surface area contributed by atoms with Gasteiger partial charge in [-0.15, -0.1) is 0 Å². The van der Waals surface area contributed by atoms with Gasteiger partial charge in [0.15, 0.2) is 0 Å². The summed E-state index contributed by atoms with van der Waals surface area (Å²) in [6.45, 7) is 6.27. The van der Waals surface area contributed by atoms with Crippen molar-refractivity contribution in [2.45, 2.75) is 33.3 Å². The molecule has 0 amide bonds. The van der Waals surface area contributed by atoms with Crippen molar-refractivity contribution in [2.75, 3.05) is 0 Å². The second-order valence-electron chi connectivity index (χ2n) is 4.54. The minimum Gasteiger partial charge on any atom is -0.387 e. The third kappa shape index (κ3) is 3.14. The summed E-state index contributed by atoms with van der Waals surface area (Å²) in [7, 11) is 1.74. The van der Waals surface area contributed by atoms with Gasteiger partial charge in [-0.05, 0) is 11.8 Å². The molecule has 0 aliphatic carbocycles. The van der Waals surface area contributed by atoms with E-state index in [9.17, 15) is 5.11 Å². The SMILES string of the molecule is Cn1ncc(C(O)CC(C)(C)C)n1. The number of hydrogen-bond acceptors (Lipinski definition) is 3. The Morgan fingerprint density at radius 2 is 2.15 bits per heavy atom. The lowest BCUT2D eigenvalue weighted by Gasteiger charge is -2.20. The predicted octanol–water partition coefficient (Wildman–Crippen LogP) is 1.28. The van der Waals surface area contributed by atoms with Gasteiger partial charge in [0.25, 0.3) is 0 Å². The normalized spacial score (nSPS) is 14.5. The Bertz CT molecular complexity index is 275. The topological polar surface area (TPSA) is 50.9 Å². The Kier molecular flexibility index (Phi) is 2.71. The first-order valence-corrected chi connectivity index (χ1v) is 4.43. The molecule has 1 heterocycles. The maximum Gasteiger partial charge on any atom is 0.111 e. The van der Waals surface area contributed by atoms with Gasteiger partial charge in [0.05, 0.1) is 12.3 Å². The number of nitrogens with zero attached hydrogens (tertiary/aromatic N) is 3. The Morgan fingerprint density at radius 3 is 2.54 bits per heavy atom. The molecule has 4 heteroatoms. The zero-order chi connectivity index (χ0) is 10.1. The highest BCUT2D eigenvalue weighted by atomic mass is 16.3. The second-order valence-corrected chi connectivity index (χ2v) is 4.54. The fourth-order valence-corrected chi connectivity index (χ4v) is 1.20. The van der Waals surface area contributed by atoms with E-state index >= 15 is 0 Å². The Labute approximate surface area is 78.6 Å². The summed E-state index contributed by atoms with van der Waals surface area (Å²) >= 11 is 0. The molecule has 0 spiro atoms. The summed E-state index contributed by atoms with van der Waals surface area (Å²) in [5.74, 6) is 0. The summed E-state index contributed by atoms with van der Waals surface area (Å²) in [5, 5.41) is 17.7. The quantitative estimate of drug-likeness (QED) is 0.751. The van der Waals surface area contributed by atoms with Crippen LogP contribution >= 0.6 is 0 Å². The van der Waals surface area contributed by atoms with Crippen LogP contribution in [-0.4, -0.2) is 20.1 Å². The van der Waals surface area contributed by atoms with E-state index in [1.165, 1.54) is 4.80 Å². The Balaban J connectivity index is 2.64. The van der Waals surface area contributed by atoms with Gasteiger partial charge < -0.3 is 5.11 Å². The van der Waals surface area contributed by atoms with E-state index in [2.05, 4.69) is 31.0 Å². The molecule has 74 valence electrons. The van der Waals surface area contributed by atoms with E-state index in [0.29, 0.717) is 12.1 Å². The van der Waals surface area contributed by atoms with Crippen molar-refractivity contribution >= 4 is 0 Å². The Morgan fingerprint density at radius 1 is 1.54 bits per heavy atom. The molecule has 1 aromatic rings. The van der Waals surface area contributed by atoms with Crippen LogP contribution in [0.25, 0.3) is 0 Å². The van der Waals surface area contributed by atoms with Gasteiger partial charge >= 0.3 is 0 Å². The molecule has 0 radical (unpaired) electrons. The maximum atomic E-state index is 9.75. The first kappa shape index (κ1) is 10.2. The monoisotopic (exact) mass is 183 g/mol. The molecule has 13 heavy (non-hydrogen) atoms. The number of aryl methyl sites for hydroxylation is 1. The van der Waals surface area contributed by atoms with Gasteiger partial charge in [0, 0.05) is 7.05 Å². The van der Waals surface area contributed by atoms with Gasteiger partial charge in [0.2, 0.25) is 0 Å². The smallest absolute Gasteiger partial charge is 0.111 e. The fourth-order valence-electron chi connectivity index (χ4n) is 1.20. The molecule has 0 aliphatic heterocycles. The first-order chi connectivity index (χ1) is 5.88. The number of hydrogen-bond donors (Lipinski definition) is 1. The zero-order valence-electron chi connectivity index (χ0n) is 8.65. The van der Waals surface area contributed by atoms with Crippen LogP contribution in [0.15, 0.2) is 6.20 Å². The molecule has 1 unspecified atom stereocenters. The summed E-state index contributed by atoms with van der Waals surface area (Å²) < 4.78 is 0. The van der Waals surface area contributed by atoms with E-state index in [-0.39, 0.29) is 5.41 Å². The molecule has 1 N–H and O–H groups in total. The number of rotatable bonds is 2. The van der Waals surface area contributed by atoms with Crippen LogP contribution in [0.4, 0.5) is 0 Å². The van der Waals surface area contributed by atoms with E-state index in [1.54, 1.807) is 13.2 Å². The number of aromatic nitrogens is 3. The fraction of sp³-hybridized carbons (Fsp3) is 0.778. The van der Waals surface area contributed by atoms with E-state index in [0.717, 1.165) is 0 Å². The van der Waals surface area contributed by atoms with Crippen molar-refractivity contribution in [2.24, 2.45) is 12.5 Å². The highest BCUT2D eigenvalue weighted by Crippen LogP contribution is 2.27. The lowest BCUT2D eigenvalue weighted by atomic mass is 9.88. The molecule has 1 atom stereocenters.